The van der Waals surface area contributed by atoms with Crippen molar-refractivity contribution in [1.29, 1.82) is 5.41 Å². The summed E-state index contributed by atoms with van der Waals surface area (Å²) >= 11 is 7.75. The lowest BCUT2D eigenvalue weighted by Crippen LogP contribution is -2.27. The number of hydrogen-bond donors (Lipinski definition) is 1. The quantitative estimate of drug-likeness (QED) is 0.237. The minimum Gasteiger partial charge on any atom is -0.333 e. The molecule has 1 aromatic carbocycles. The third kappa shape index (κ3) is 5.20. The highest BCUT2D eigenvalue weighted by Gasteiger charge is 2.31. The SMILES string of the molecule is C=C/C(C(=NC)C(=C)Cl)=C(\C)N(C)C(=N)c1cc(I)cc(C(F)(F)F)c1. The largest absolute Gasteiger partial charge is 0.416 e. The molecular formula is C18H18ClF3IN3. The molecule has 0 unspecified atom stereocenters. The van der Waals surface area contributed by atoms with E-state index in [1.165, 1.54) is 17.0 Å². The Labute approximate surface area is 169 Å². The summed E-state index contributed by atoms with van der Waals surface area (Å²) in [6.07, 6.45) is -2.96. The van der Waals surface area contributed by atoms with Crippen molar-refractivity contribution >= 4 is 45.7 Å². The number of rotatable bonds is 5. The van der Waals surface area contributed by atoms with Crippen LogP contribution in [0.2, 0.25) is 0 Å². The van der Waals surface area contributed by atoms with E-state index in [1.54, 1.807) is 43.6 Å². The third-order valence-electron chi connectivity index (χ3n) is 3.67. The highest BCUT2D eigenvalue weighted by Crippen LogP contribution is 2.31. The van der Waals surface area contributed by atoms with Gasteiger partial charge in [0, 0.05) is 34.5 Å². The summed E-state index contributed by atoms with van der Waals surface area (Å²) in [6.45, 7) is 9.07. The van der Waals surface area contributed by atoms with Gasteiger partial charge in [-0.15, -0.1) is 0 Å². The number of aliphatic imine (C=N–C) groups is 1. The van der Waals surface area contributed by atoms with E-state index in [-0.39, 0.29) is 16.4 Å². The molecule has 0 heterocycles. The van der Waals surface area contributed by atoms with E-state index >= 15 is 0 Å². The minimum atomic E-state index is -4.48. The van der Waals surface area contributed by atoms with Crippen molar-refractivity contribution in [1.82, 2.24) is 4.90 Å². The normalized spacial score (nSPS) is 13.2. The summed E-state index contributed by atoms with van der Waals surface area (Å²) in [4.78, 5) is 5.52. The predicted molar refractivity (Wildman–Crippen MR) is 110 cm³/mol. The molecule has 3 nitrogen and oxygen atoms in total. The van der Waals surface area contributed by atoms with Crippen LogP contribution in [0, 0.1) is 8.98 Å². The van der Waals surface area contributed by atoms with E-state index in [0.717, 1.165) is 12.1 Å². The van der Waals surface area contributed by atoms with Gasteiger partial charge in [0.05, 0.1) is 16.3 Å². The predicted octanol–water partition coefficient (Wildman–Crippen LogP) is 5.85. The van der Waals surface area contributed by atoms with Crippen LogP contribution in [0.4, 0.5) is 13.2 Å². The van der Waals surface area contributed by atoms with E-state index in [0.29, 0.717) is 20.6 Å². The number of amidine groups is 1. The van der Waals surface area contributed by atoms with Crippen molar-refractivity contribution in [3.63, 3.8) is 0 Å². The topological polar surface area (TPSA) is 39.5 Å². The zero-order valence-corrected chi connectivity index (χ0v) is 17.4. The van der Waals surface area contributed by atoms with E-state index in [4.69, 9.17) is 17.0 Å². The number of nitrogens with one attached hydrogen (secondary N) is 1. The monoisotopic (exact) mass is 495 g/mol. The van der Waals surface area contributed by atoms with Crippen LogP contribution in [0.25, 0.3) is 0 Å². The van der Waals surface area contributed by atoms with Gasteiger partial charge in [-0.2, -0.15) is 13.2 Å². The lowest BCUT2D eigenvalue weighted by molar-refractivity contribution is -0.137. The smallest absolute Gasteiger partial charge is 0.333 e. The van der Waals surface area contributed by atoms with Crippen LogP contribution < -0.4 is 0 Å². The number of alkyl halides is 3. The van der Waals surface area contributed by atoms with Gasteiger partial charge in [0.2, 0.25) is 0 Å². The van der Waals surface area contributed by atoms with Gasteiger partial charge in [-0.05, 0) is 47.7 Å². The van der Waals surface area contributed by atoms with Gasteiger partial charge in [0.25, 0.3) is 0 Å². The van der Waals surface area contributed by atoms with Crippen LogP contribution >= 0.6 is 34.2 Å². The maximum absolute atomic E-state index is 13.0. The zero-order valence-electron chi connectivity index (χ0n) is 14.5. The second kappa shape index (κ2) is 8.85. The molecule has 0 saturated carbocycles. The molecule has 1 rings (SSSR count). The average Bonchev–Trinajstić information content (AvgIpc) is 2.55. The summed E-state index contributed by atoms with van der Waals surface area (Å²) in [5.74, 6) is -0.0958. The second-order valence-electron chi connectivity index (χ2n) is 5.31. The Morgan fingerprint density at radius 2 is 1.92 bits per heavy atom. The Kier molecular flexibility index (Phi) is 7.64. The summed E-state index contributed by atoms with van der Waals surface area (Å²) < 4.78 is 39.5. The fourth-order valence-electron chi connectivity index (χ4n) is 2.24. The molecule has 140 valence electrons. The van der Waals surface area contributed by atoms with Gasteiger partial charge in [-0.25, -0.2) is 0 Å². The van der Waals surface area contributed by atoms with E-state index in [2.05, 4.69) is 18.2 Å². The number of nitrogens with zero attached hydrogens (tertiary/aromatic N) is 2. The Morgan fingerprint density at radius 1 is 1.35 bits per heavy atom. The zero-order chi connectivity index (χ0) is 20.2. The molecule has 26 heavy (non-hydrogen) atoms. The first-order chi connectivity index (χ1) is 11.9. The van der Waals surface area contributed by atoms with Crippen molar-refractivity contribution in [3.8, 4) is 0 Å². The second-order valence-corrected chi connectivity index (χ2v) is 7.02. The molecular weight excluding hydrogens is 478 g/mol. The first-order valence-electron chi connectivity index (χ1n) is 7.29. The number of hydrogen-bond acceptors (Lipinski definition) is 2. The van der Waals surface area contributed by atoms with Crippen molar-refractivity contribution in [3.05, 3.63) is 68.4 Å². The molecule has 0 atom stereocenters. The average molecular weight is 496 g/mol. The van der Waals surface area contributed by atoms with Crippen LogP contribution in [0.3, 0.4) is 0 Å². The van der Waals surface area contributed by atoms with Crippen LogP contribution in [0.15, 0.2) is 58.7 Å². The van der Waals surface area contributed by atoms with Gasteiger partial charge in [-0.3, -0.25) is 10.4 Å². The first-order valence-corrected chi connectivity index (χ1v) is 8.75. The third-order valence-corrected chi connectivity index (χ3v) is 4.47. The molecule has 0 aliphatic carbocycles. The molecule has 0 amide bonds. The molecule has 0 bridgehead atoms. The van der Waals surface area contributed by atoms with E-state index in [1.807, 2.05) is 0 Å². The number of benzene rings is 1. The highest BCUT2D eigenvalue weighted by molar-refractivity contribution is 14.1. The van der Waals surface area contributed by atoms with Crippen molar-refractivity contribution in [2.45, 2.75) is 13.1 Å². The summed E-state index contributed by atoms with van der Waals surface area (Å²) in [6, 6.07) is 3.51. The summed E-state index contributed by atoms with van der Waals surface area (Å²) in [5.41, 5.74) is 0.848. The van der Waals surface area contributed by atoms with Crippen LogP contribution in [-0.4, -0.2) is 30.5 Å². The Hall–Kier alpha value is -1.61. The fraction of sp³-hybridized carbons (Fsp3) is 0.222. The van der Waals surface area contributed by atoms with Crippen LogP contribution in [0.1, 0.15) is 18.1 Å². The molecule has 1 aromatic rings. The van der Waals surface area contributed by atoms with Gasteiger partial charge in [0.1, 0.15) is 5.84 Å². The Morgan fingerprint density at radius 3 is 2.35 bits per heavy atom. The van der Waals surface area contributed by atoms with Gasteiger partial charge >= 0.3 is 6.18 Å². The van der Waals surface area contributed by atoms with Crippen molar-refractivity contribution < 1.29 is 13.2 Å². The first kappa shape index (κ1) is 22.4. The molecule has 0 aromatic heterocycles. The lowest BCUT2D eigenvalue weighted by atomic mass is 10.1. The molecule has 1 N–H and O–H groups in total. The van der Waals surface area contributed by atoms with Crippen molar-refractivity contribution in [2.24, 2.45) is 4.99 Å². The number of allylic oxidation sites excluding steroid dienone is 4. The summed E-state index contributed by atoms with van der Waals surface area (Å²) in [5, 5.41) is 8.53. The molecule has 0 saturated heterocycles. The van der Waals surface area contributed by atoms with Crippen molar-refractivity contribution in [2.75, 3.05) is 14.1 Å². The molecule has 0 radical (unpaired) electrons. The van der Waals surface area contributed by atoms with Crippen LogP contribution in [0.5, 0.6) is 0 Å². The molecule has 0 fully saturated rings. The van der Waals surface area contributed by atoms with Gasteiger partial charge < -0.3 is 4.90 Å². The van der Waals surface area contributed by atoms with Gasteiger partial charge in [-0.1, -0.05) is 30.8 Å². The Balaban J connectivity index is 3.41. The standard InChI is InChI=1S/C18H18ClF3IN3/c1-6-15(16(25-4)10(2)19)11(3)26(5)17(24)12-7-13(18(20,21)22)9-14(23)8-12/h6-9,24H,1-2H2,3-5H3/b15-11-,24-17?,25-16?. The van der Waals surface area contributed by atoms with Gasteiger partial charge in [0.15, 0.2) is 0 Å². The molecule has 0 aliphatic heterocycles. The molecule has 8 heteroatoms. The summed E-state index contributed by atoms with van der Waals surface area (Å²) in [7, 11) is 3.12. The highest BCUT2D eigenvalue weighted by atomic mass is 127. The maximum atomic E-state index is 13.0. The lowest BCUT2D eigenvalue weighted by Gasteiger charge is -2.24. The van der Waals surface area contributed by atoms with Crippen LogP contribution in [-0.2, 0) is 6.18 Å². The number of halogens is 5. The fourth-order valence-corrected chi connectivity index (χ4v) is 3.09. The molecule has 0 spiro atoms. The van der Waals surface area contributed by atoms with E-state index < -0.39 is 11.7 Å². The maximum Gasteiger partial charge on any atom is 0.416 e. The minimum absolute atomic E-state index is 0.0958. The Bertz CT molecular complexity index is 810. The van der Waals surface area contributed by atoms with E-state index in [9.17, 15) is 13.2 Å². The molecule has 0 aliphatic rings.